The number of aliphatic hydroxyl groups excluding tert-OH is 1. The first kappa shape index (κ1) is 16.2. The first-order chi connectivity index (χ1) is 10.8. The fraction of sp³-hybridized carbons (Fsp3) is 0.529. The molecular weight excluding hydrogens is 310 g/mol. The van der Waals surface area contributed by atoms with Crippen molar-refractivity contribution in [2.24, 2.45) is 0 Å². The minimum Gasteiger partial charge on any atom is -0.391 e. The number of nitrogens with zero attached hydrogens (tertiary/aromatic N) is 2. The van der Waals surface area contributed by atoms with Crippen molar-refractivity contribution in [2.45, 2.75) is 45.1 Å². The molecule has 1 saturated heterocycles. The van der Waals surface area contributed by atoms with Gasteiger partial charge in [-0.15, -0.1) is 11.3 Å². The number of piperidine rings is 1. The number of hydrogen-bond acceptors (Lipinski definition) is 4. The van der Waals surface area contributed by atoms with Gasteiger partial charge in [0.05, 0.1) is 21.3 Å². The fourth-order valence-electron chi connectivity index (χ4n) is 2.66. The van der Waals surface area contributed by atoms with Crippen LogP contribution in [-0.4, -0.2) is 40.2 Å². The van der Waals surface area contributed by atoms with E-state index in [0.29, 0.717) is 13.1 Å². The monoisotopic (exact) mass is 333 g/mol. The maximum atomic E-state index is 12.3. The van der Waals surface area contributed by atoms with Crippen molar-refractivity contribution in [1.29, 1.82) is 0 Å². The third-order valence-corrected chi connectivity index (χ3v) is 5.41. The Hall–Kier alpha value is -1.66. The van der Waals surface area contributed by atoms with Crippen LogP contribution in [0.15, 0.2) is 18.2 Å². The van der Waals surface area contributed by atoms with Crippen molar-refractivity contribution in [3.05, 3.63) is 23.2 Å². The Kier molecular flexibility index (Phi) is 4.29. The molecule has 1 atom stereocenters. The number of anilines is 1. The largest absolute Gasteiger partial charge is 0.391 e. The quantitative estimate of drug-likeness (QED) is 0.838. The number of carbonyl (C=O) groups is 1. The van der Waals surface area contributed by atoms with Crippen LogP contribution in [-0.2, 0) is 5.41 Å². The van der Waals surface area contributed by atoms with Crippen molar-refractivity contribution in [1.82, 2.24) is 9.88 Å². The van der Waals surface area contributed by atoms with Crippen LogP contribution in [0.3, 0.4) is 0 Å². The summed E-state index contributed by atoms with van der Waals surface area (Å²) in [5.74, 6) is 0. The average molecular weight is 333 g/mol. The summed E-state index contributed by atoms with van der Waals surface area (Å²) < 4.78 is 1.08. The zero-order chi connectivity index (χ0) is 16.6. The third-order valence-electron chi connectivity index (χ3n) is 3.97. The molecule has 2 aromatic rings. The number of amides is 2. The SMILES string of the molecule is CC(C)(C)c1nc2ccc(NC(=O)N3CCCC(O)C3)cc2s1. The lowest BCUT2D eigenvalue weighted by Gasteiger charge is -2.30. The van der Waals surface area contributed by atoms with Crippen LogP contribution >= 0.6 is 11.3 Å². The molecule has 0 saturated carbocycles. The van der Waals surface area contributed by atoms with E-state index in [9.17, 15) is 9.90 Å². The number of β-amino-alcohol motifs (C(OH)–C–C–N with tert-alkyl or cyclic N) is 1. The number of likely N-dealkylation sites (tertiary alicyclic amines) is 1. The number of carbonyl (C=O) groups excluding carboxylic acids is 1. The molecule has 1 aromatic heterocycles. The highest BCUT2D eigenvalue weighted by Crippen LogP contribution is 2.32. The van der Waals surface area contributed by atoms with Crippen LogP contribution in [0, 0.1) is 0 Å². The number of rotatable bonds is 1. The molecule has 1 fully saturated rings. The molecule has 2 N–H and O–H groups in total. The number of benzene rings is 1. The van der Waals surface area contributed by atoms with Crippen molar-refractivity contribution in [3.63, 3.8) is 0 Å². The number of urea groups is 1. The highest BCUT2D eigenvalue weighted by atomic mass is 32.1. The van der Waals surface area contributed by atoms with E-state index in [1.165, 1.54) is 0 Å². The van der Waals surface area contributed by atoms with Gasteiger partial charge in [0.15, 0.2) is 0 Å². The summed E-state index contributed by atoms with van der Waals surface area (Å²) in [4.78, 5) is 18.6. The Morgan fingerprint density at radius 2 is 2.22 bits per heavy atom. The van der Waals surface area contributed by atoms with Gasteiger partial charge >= 0.3 is 6.03 Å². The van der Waals surface area contributed by atoms with E-state index in [1.54, 1.807) is 16.2 Å². The lowest BCUT2D eigenvalue weighted by Crippen LogP contribution is -2.44. The van der Waals surface area contributed by atoms with Crippen molar-refractivity contribution in [2.75, 3.05) is 18.4 Å². The molecule has 0 spiro atoms. The van der Waals surface area contributed by atoms with E-state index in [-0.39, 0.29) is 11.4 Å². The van der Waals surface area contributed by atoms with Gasteiger partial charge in [0, 0.05) is 24.2 Å². The molecule has 2 heterocycles. The molecule has 5 nitrogen and oxygen atoms in total. The number of nitrogens with one attached hydrogen (secondary N) is 1. The van der Waals surface area contributed by atoms with E-state index >= 15 is 0 Å². The van der Waals surface area contributed by atoms with Gasteiger partial charge < -0.3 is 15.3 Å². The van der Waals surface area contributed by atoms with Gasteiger partial charge in [0.1, 0.15) is 0 Å². The summed E-state index contributed by atoms with van der Waals surface area (Å²) in [7, 11) is 0. The van der Waals surface area contributed by atoms with Crippen LogP contribution in [0.25, 0.3) is 10.2 Å². The van der Waals surface area contributed by atoms with Crippen LogP contribution in [0.1, 0.15) is 38.6 Å². The second-order valence-corrected chi connectivity index (χ2v) is 8.15. The summed E-state index contributed by atoms with van der Waals surface area (Å²) >= 11 is 1.67. The molecule has 6 heteroatoms. The summed E-state index contributed by atoms with van der Waals surface area (Å²) in [6.07, 6.45) is 1.21. The second-order valence-electron chi connectivity index (χ2n) is 7.12. The summed E-state index contributed by atoms with van der Waals surface area (Å²) in [6.45, 7) is 7.54. The molecule has 0 radical (unpaired) electrons. The van der Waals surface area contributed by atoms with Gasteiger partial charge in [-0.25, -0.2) is 9.78 Å². The normalized spacial score (nSPS) is 19.1. The molecule has 1 unspecified atom stereocenters. The zero-order valence-corrected chi connectivity index (χ0v) is 14.6. The Balaban J connectivity index is 1.76. The third kappa shape index (κ3) is 3.64. The van der Waals surface area contributed by atoms with Gasteiger partial charge in [-0.3, -0.25) is 0 Å². The molecule has 1 aliphatic rings. The lowest BCUT2D eigenvalue weighted by molar-refractivity contribution is 0.0883. The molecule has 0 bridgehead atoms. The van der Waals surface area contributed by atoms with Crippen LogP contribution in [0.2, 0.25) is 0 Å². The lowest BCUT2D eigenvalue weighted by atomic mass is 9.98. The molecular formula is C17H23N3O2S. The second kappa shape index (κ2) is 6.09. The first-order valence-corrected chi connectivity index (χ1v) is 8.79. The highest BCUT2D eigenvalue weighted by molar-refractivity contribution is 7.18. The molecule has 2 amide bonds. The Morgan fingerprint density at radius 3 is 2.91 bits per heavy atom. The summed E-state index contributed by atoms with van der Waals surface area (Å²) in [5, 5.41) is 13.7. The molecule has 23 heavy (non-hydrogen) atoms. The number of aliphatic hydroxyl groups is 1. The maximum absolute atomic E-state index is 12.3. The number of fused-ring (bicyclic) bond motifs is 1. The molecule has 0 aliphatic carbocycles. The molecule has 1 aromatic carbocycles. The van der Waals surface area contributed by atoms with Crippen molar-refractivity contribution < 1.29 is 9.90 Å². The predicted octanol–water partition coefficient (Wildman–Crippen LogP) is 3.58. The van der Waals surface area contributed by atoms with Crippen LogP contribution in [0.4, 0.5) is 10.5 Å². The van der Waals surface area contributed by atoms with E-state index < -0.39 is 6.10 Å². The summed E-state index contributed by atoms with van der Waals surface area (Å²) in [6, 6.07) is 5.65. The molecule has 3 rings (SSSR count). The molecule has 124 valence electrons. The topological polar surface area (TPSA) is 65.5 Å². The minimum atomic E-state index is -0.409. The van der Waals surface area contributed by atoms with E-state index in [4.69, 9.17) is 0 Å². The number of aromatic nitrogens is 1. The van der Waals surface area contributed by atoms with Crippen molar-refractivity contribution in [3.8, 4) is 0 Å². The van der Waals surface area contributed by atoms with Crippen molar-refractivity contribution >= 4 is 33.3 Å². The van der Waals surface area contributed by atoms with Gasteiger partial charge in [-0.1, -0.05) is 20.8 Å². The van der Waals surface area contributed by atoms with E-state index in [0.717, 1.165) is 33.8 Å². The standard InChI is InChI=1S/C17H23N3O2S/c1-17(2,3)15-19-13-7-6-11(9-14(13)23-15)18-16(22)20-8-4-5-12(21)10-20/h6-7,9,12,21H,4-5,8,10H2,1-3H3,(H,18,22). The highest BCUT2D eigenvalue weighted by Gasteiger charge is 2.22. The number of thiazole rings is 1. The smallest absolute Gasteiger partial charge is 0.321 e. The van der Waals surface area contributed by atoms with Gasteiger partial charge in [0.25, 0.3) is 0 Å². The minimum absolute atomic E-state index is 0.0248. The first-order valence-electron chi connectivity index (χ1n) is 7.98. The van der Waals surface area contributed by atoms with Crippen LogP contribution < -0.4 is 5.32 Å². The average Bonchev–Trinajstić information content (AvgIpc) is 2.90. The number of hydrogen-bond donors (Lipinski definition) is 2. The fourth-order valence-corrected chi connectivity index (χ4v) is 3.73. The van der Waals surface area contributed by atoms with Gasteiger partial charge in [-0.2, -0.15) is 0 Å². The van der Waals surface area contributed by atoms with Gasteiger partial charge in [0.2, 0.25) is 0 Å². The predicted molar refractivity (Wildman–Crippen MR) is 94.2 cm³/mol. The Bertz CT molecular complexity index is 720. The zero-order valence-electron chi connectivity index (χ0n) is 13.8. The van der Waals surface area contributed by atoms with E-state index in [1.807, 2.05) is 18.2 Å². The Morgan fingerprint density at radius 1 is 1.43 bits per heavy atom. The summed E-state index contributed by atoms with van der Waals surface area (Å²) in [5.41, 5.74) is 1.76. The molecule has 1 aliphatic heterocycles. The Labute approximate surface area is 140 Å². The van der Waals surface area contributed by atoms with E-state index in [2.05, 4.69) is 31.1 Å². The van der Waals surface area contributed by atoms with Gasteiger partial charge in [-0.05, 0) is 31.0 Å². The van der Waals surface area contributed by atoms with Crippen LogP contribution in [0.5, 0.6) is 0 Å². The maximum Gasteiger partial charge on any atom is 0.321 e.